The molecule has 1 aliphatic rings. The molecule has 1 amide bonds. The van der Waals surface area contributed by atoms with Crippen molar-refractivity contribution in [3.05, 3.63) is 0 Å². The molecule has 0 bridgehead atoms. The lowest BCUT2D eigenvalue weighted by molar-refractivity contribution is -0.131. The summed E-state index contributed by atoms with van der Waals surface area (Å²) in [4.78, 5) is 16.1. The second-order valence-electron chi connectivity index (χ2n) is 5.18. The van der Waals surface area contributed by atoms with Crippen molar-refractivity contribution >= 4 is 5.91 Å². The van der Waals surface area contributed by atoms with E-state index in [1.54, 1.807) is 11.9 Å². The predicted molar refractivity (Wildman–Crippen MR) is 75.6 cm³/mol. The summed E-state index contributed by atoms with van der Waals surface area (Å²) < 4.78 is 0. The average Bonchev–Trinajstić information content (AvgIpc) is 2.45. The van der Waals surface area contributed by atoms with Crippen LogP contribution in [0.1, 0.15) is 32.6 Å². The Morgan fingerprint density at radius 2 is 2.05 bits per heavy atom. The lowest BCUT2D eigenvalue weighted by Gasteiger charge is -2.34. The Hall–Kier alpha value is -1.12. The summed E-state index contributed by atoms with van der Waals surface area (Å²) in [6, 6.07) is 2.60. The van der Waals surface area contributed by atoms with Crippen LogP contribution in [0, 0.1) is 11.3 Å². The van der Waals surface area contributed by atoms with E-state index in [0.717, 1.165) is 38.9 Å². The Kier molecular flexibility index (Phi) is 7.46. The quantitative estimate of drug-likeness (QED) is 0.741. The highest BCUT2D eigenvalue weighted by atomic mass is 16.2. The predicted octanol–water partition coefficient (Wildman–Crippen LogP) is 0.822. The summed E-state index contributed by atoms with van der Waals surface area (Å²) in [6.45, 7) is 6.23. The number of carbonyl (C=O) groups excluding carboxylic acids is 1. The summed E-state index contributed by atoms with van der Waals surface area (Å²) in [5.41, 5.74) is 0. The fourth-order valence-corrected chi connectivity index (χ4v) is 2.49. The maximum Gasteiger partial charge on any atom is 0.236 e. The monoisotopic (exact) mass is 266 g/mol. The highest BCUT2D eigenvalue weighted by Crippen LogP contribution is 2.12. The minimum atomic E-state index is 0.127. The molecule has 0 saturated carbocycles. The van der Waals surface area contributed by atoms with Gasteiger partial charge in [-0.15, -0.1) is 0 Å². The van der Waals surface area contributed by atoms with Crippen LogP contribution in [0.15, 0.2) is 0 Å². The Labute approximate surface area is 116 Å². The molecule has 1 N–H and O–H groups in total. The third kappa shape index (κ3) is 5.58. The van der Waals surface area contributed by atoms with Crippen LogP contribution in [0.25, 0.3) is 0 Å². The van der Waals surface area contributed by atoms with Crippen LogP contribution in [-0.2, 0) is 4.79 Å². The third-order valence-corrected chi connectivity index (χ3v) is 3.66. The van der Waals surface area contributed by atoms with Gasteiger partial charge in [-0.2, -0.15) is 5.26 Å². The number of piperidine rings is 1. The normalized spacial score (nSPS) is 16.3. The summed E-state index contributed by atoms with van der Waals surface area (Å²) in [7, 11) is 1.78. The summed E-state index contributed by atoms with van der Waals surface area (Å²) in [5, 5.41) is 11.9. The van der Waals surface area contributed by atoms with E-state index >= 15 is 0 Å². The van der Waals surface area contributed by atoms with Gasteiger partial charge in [-0.1, -0.05) is 6.92 Å². The van der Waals surface area contributed by atoms with Crippen molar-refractivity contribution in [2.75, 3.05) is 39.8 Å². The molecule has 19 heavy (non-hydrogen) atoms. The van der Waals surface area contributed by atoms with Crippen LogP contribution < -0.4 is 5.32 Å². The molecule has 1 saturated heterocycles. The molecule has 0 aliphatic carbocycles. The van der Waals surface area contributed by atoms with E-state index < -0.39 is 0 Å². The topological polar surface area (TPSA) is 59.4 Å². The molecule has 0 spiro atoms. The fourth-order valence-electron chi connectivity index (χ4n) is 2.49. The molecule has 5 nitrogen and oxygen atoms in total. The van der Waals surface area contributed by atoms with Gasteiger partial charge in [-0.05, 0) is 38.9 Å². The molecule has 0 unspecified atom stereocenters. The lowest BCUT2D eigenvalue weighted by atomic mass is 10.0. The maximum absolute atomic E-state index is 12.1. The molecule has 0 aromatic rings. The number of nitrogens with zero attached hydrogens (tertiary/aromatic N) is 3. The van der Waals surface area contributed by atoms with E-state index in [2.05, 4.69) is 23.2 Å². The van der Waals surface area contributed by atoms with E-state index in [9.17, 15) is 4.79 Å². The van der Waals surface area contributed by atoms with Gasteiger partial charge in [-0.25, -0.2) is 0 Å². The Morgan fingerprint density at radius 1 is 1.37 bits per heavy atom. The standard InChI is InChI=1S/C14H26N4O/c1-3-10-18(13-5-8-16-9-6-13)12-14(19)17(2)11-4-7-15/h13,16H,3-6,8-12H2,1-2H3. The fraction of sp³-hybridized carbons (Fsp3) is 0.857. The number of nitrogens with one attached hydrogen (secondary N) is 1. The number of rotatable bonds is 7. The molecule has 0 aromatic carbocycles. The largest absolute Gasteiger partial charge is 0.344 e. The van der Waals surface area contributed by atoms with Gasteiger partial charge in [0.1, 0.15) is 0 Å². The van der Waals surface area contributed by atoms with Gasteiger partial charge in [0.15, 0.2) is 0 Å². The second kappa shape index (κ2) is 8.89. The first kappa shape index (κ1) is 15.9. The van der Waals surface area contributed by atoms with Crippen molar-refractivity contribution in [1.29, 1.82) is 5.26 Å². The van der Waals surface area contributed by atoms with Crippen molar-refractivity contribution in [3.63, 3.8) is 0 Å². The summed E-state index contributed by atoms with van der Waals surface area (Å²) in [5.74, 6) is 0.127. The second-order valence-corrected chi connectivity index (χ2v) is 5.18. The third-order valence-electron chi connectivity index (χ3n) is 3.66. The Morgan fingerprint density at radius 3 is 2.63 bits per heavy atom. The van der Waals surface area contributed by atoms with E-state index in [0.29, 0.717) is 25.6 Å². The highest BCUT2D eigenvalue weighted by Gasteiger charge is 2.23. The van der Waals surface area contributed by atoms with Crippen molar-refractivity contribution in [1.82, 2.24) is 15.1 Å². The van der Waals surface area contributed by atoms with Gasteiger partial charge in [-0.3, -0.25) is 9.69 Å². The average molecular weight is 266 g/mol. The smallest absolute Gasteiger partial charge is 0.236 e. The van der Waals surface area contributed by atoms with E-state index in [1.807, 2.05) is 0 Å². The minimum Gasteiger partial charge on any atom is -0.344 e. The van der Waals surface area contributed by atoms with E-state index in [-0.39, 0.29) is 5.91 Å². The van der Waals surface area contributed by atoms with Gasteiger partial charge in [0, 0.05) is 19.6 Å². The number of hydrogen-bond acceptors (Lipinski definition) is 4. The first-order valence-electron chi connectivity index (χ1n) is 7.24. The van der Waals surface area contributed by atoms with Crippen LogP contribution in [0.3, 0.4) is 0 Å². The molecule has 1 aliphatic heterocycles. The number of likely N-dealkylation sites (N-methyl/N-ethyl adjacent to an activating group) is 1. The molecule has 0 atom stereocenters. The zero-order valence-corrected chi connectivity index (χ0v) is 12.2. The molecule has 1 fully saturated rings. The minimum absolute atomic E-state index is 0.127. The molecule has 5 heteroatoms. The van der Waals surface area contributed by atoms with Crippen LogP contribution in [0.2, 0.25) is 0 Å². The molecular weight excluding hydrogens is 240 g/mol. The van der Waals surface area contributed by atoms with Crippen molar-refractivity contribution in [3.8, 4) is 6.07 Å². The van der Waals surface area contributed by atoms with Crippen LogP contribution in [0.5, 0.6) is 0 Å². The Balaban J connectivity index is 2.47. The van der Waals surface area contributed by atoms with Crippen molar-refractivity contribution in [2.45, 2.75) is 38.6 Å². The zero-order chi connectivity index (χ0) is 14.1. The van der Waals surface area contributed by atoms with Gasteiger partial charge in [0.2, 0.25) is 5.91 Å². The van der Waals surface area contributed by atoms with Crippen LogP contribution in [0.4, 0.5) is 0 Å². The molecular formula is C14H26N4O. The van der Waals surface area contributed by atoms with Crippen LogP contribution in [-0.4, -0.2) is 61.5 Å². The molecule has 108 valence electrons. The summed E-state index contributed by atoms with van der Waals surface area (Å²) in [6.07, 6.45) is 3.72. The molecule has 0 radical (unpaired) electrons. The first-order chi connectivity index (χ1) is 9.19. The van der Waals surface area contributed by atoms with Gasteiger partial charge in [0.05, 0.1) is 19.0 Å². The van der Waals surface area contributed by atoms with Crippen molar-refractivity contribution < 1.29 is 4.79 Å². The van der Waals surface area contributed by atoms with E-state index in [4.69, 9.17) is 5.26 Å². The number of hydrogen-bond donors (Lipinski definition) is 1. The molecule has 1 rings (SSSR count). The number of nitriles is 1. The maximum atomic E-state index is 12.1. The molecule has 1 heterocycles. The van der Waals surface area contributed by atoms with Crippen molar-refractivity contribution in [2.24, 2.45) is 0 Å². The first-order valence-corrected chi connectivity index (χ1v) is 7.24. The SMILES string of the molecule is CCCN(CC(=O)N(C)CCC#N)C1CCNCC1. The zero-order valence-electron chi connectivity index (χ0n) is 12.2. The van der Waals surface area contributed by atoms with Crippen LogP contribution >= 0.6 is 0 Å². The van der Waals surface area contributed by atoms with Gasteiger partial charge in [0.25, 0.3) is 0 Å². The van der Waals surface area contributed by atoms with Gasteiger partial charge < -0.3 is 10.2 Å². The molecule has 0 aromatic heterocycles. The Bertz CT molecular complexity index is 307. The number of amides is 1. The summed E-state index contributed by atoms with van der Waals surface area (Å²) >= 11 is 0. The highest BCUT2D eigenvalue weighted by molar-refractivity contribution is 5.78. The lowest BCUT2D eigenvalue weighted by Crippen LogP contribution is -2.48. The van der Waals surface area contributed by atoms with Gasteiger partial charge >= 0.3 is 0 Å². The van der Waals surface area contributed by atoms with E-state index in [1.165, 1.54) is 0 Å². The number of carbonyl (C=O) groups is 1.